The minimum Gasteiger partial charge on any atom is -0.336 e. The lowest BCUT2D eigenvalue weighted by atomic mass is 9.89. The molecule has 2 saturated heterocycles. The Bertz CT molecular complexity index is 1300. The molecule has 0 saturated carbocycles. The Morgan fingerprint density at radius 1 is 0.850 bits per heavy atom. The summed E-state index contributed by atoms with van der Waals surface area (Å²) in [6.07, 6.45) is 1.06. The Balaban J connectivity index is 1.08. The highest BCUT2D eigenvalue weighted by molar-refractivity contribution is 6.30. The van der Waals surface area contributed by atoms with Crippen LogP contribution in [0.1, 0.15) is 44.8 Å². The van der Waals surface area contributed by atoms with E-state index in [0.717, 1.165) is 30.8 Å². The molecular formula is C31H33ClF2N4O2. The number of nitrogens with zero attached hydrogens (tertiary/aromatic N) is 4. The molecule has 0 unspecified atom stereocenters. The maximum atomic E-state index is 15.0. The van der Waals surface area contributed by atoms with Crippen molar-refractivity contribution in [3.8, 4) is 0 Å². The molecule has 210 valence electrons. The van der Waals surface area contributed by atoms with Gasteiger partial charge in [-0.1, -0.05) is 35.9 Å². The maximum absolute atomic E-state index is 15.0. The van der Waals surface area contributed by atoms with Crippen LogP contribution in [-0.2, 0) is 13.1 Å². The van der Waals surface area contributed by atoms with Crippen LogP contribution in [0, 0.1) is 11.7 Å². The number of carbonyl (C=O) groups excluding carboxylic acids is 2. The van der Waals surface area contributed by atoms with Gasteiger partial charge >= 0.3 is 0 Å². The number of carbonyl (C=O) groups is 2. The van der Waals surface area contributed by atoms with Gasteiger partial charge in [-0.15, -0.1) is 0 Å². The zero-order valence-electron chi connectivity index (χ0n) is 22.3. The van der Waals surface area contributed by atoms with Gasteiger partial charge < -0.3 is 4.90 Å². The van der Waals surface area contributed by atoms with Gasteiger partial charge in [0.15, 0.2) is 5.78 Å². The number of piperazine rings is 1. The van der Waals surface area contributed by atoms with E-state index in [1.165, 1.54) is 18.3 Å². The third-order valence-electron chi connectivity index (χ3n) is 7.80. The molecule has 2 aromatic carbocycles. The molecule has 0 aliphatic carbocycles. The quantitative estimate of drug-likeness (QED) is 0.348. The molecule has 9 heteroatoms. The molecule has 2 fully saturated rings. The van der Waals surface area contributed by atoms with Crippen molar-refractivity contribution in [2.24, 2.45) is 5.92 Å². The summed E-state index contributed by atoms with van der Waals surface area (Å²) in [5.74, 6) is -0.918. The van der Waals surface area contributed by atoms with E-state index in [1.807, 2.05) is 24.3 Å². The van der Waals surface area contributed by atoms with E-state index < -0.39 is 6.17 Å². The standard InChI is InChI=1S/C31H33ClF2N4O2/c32-26-6-1-22(2-7-26)20-37-12-11-24(28(34)21-37)17-30(39)29-10-5-25(18-35-29)31(40)38-15-13-36(14-16-38)19-23-3-8-27(33)9-4-23/h1-10,18,24,28H,11-17,19-21H2/t24-,28-/m0/s1. The highest BCUT2D eigenvalue weighted by Gasteiger charge is 2.31. The van der Waals surface area contributed by atoms with Crippen LogP contribution in [0.3, 0.4) is 0 Å². The number of amides is 1. The molecule has 40 heavy (non-hydrogen) atoms. The lowest BCUT2D eigenvalue weighted by molar-refractivity contribution is 0.0626. The Kier molecular flexibility index (Phi) is 9.19. The van der Waals surface area contributed by atoms with Crippen molar-refractivity contribution < 1.29 is 18.4 Å². The number of benzene rings is 2. The topological polar surface area (TPSA) is 56.8 Å². The number of Topliss-reactive ketones (excluding diaryl/α,β-unsaturated/α-hetero) is 1. The molecule has 5 rings (SSSR count). The second-order valence-corrected chi connectivity index (χ2v) is 11.1. The van der Waals surface area contributed by atoms with Crippen LogP contribution >= 0.6 is 11.6 Å². The summed E-state index contributed by atoms with van der Waals surface area (Å²) in [6.45, 7) is 4.97. The van der Waals surface area contributed by atoms with Gasteiger partial charge in [0.1, 0.15) is 17.7 Å². The Hall–Kier alpha value is -3.20. The number of rotatable bonds is 8. The fraction of sp³-hybridized carbons (Fsp3) is 0.387. The third kappa shape index (κ3) is 7.30. The molecule has 3 heterocycles. The van der Waals surface area contributed by atoms with Crippen molar-refractivity contribution in [3.63, 3.8) is 0 Å². The van der Waals surface area contributed by atoms with E-state index in [4.69, 9.17) is 11.6 Å². The molecule has 0 spiro atoms. The average Bonchev–Trinajstić information content (AvgIpc) is 2.97. The van der Waals surface area contributed by atoms with Gasteiger partial charge in [0.25, 0.3) is 5.91 Å². The second kappa shape index (κ2) is 13.0. The fourth-order valence-electron chi connectivity index (χ4n) is 5.41. The summed E-state index contributed by atoms with van der Waals surface area (Å²) < 4.78 is 28.1. The zero-order chi connectivity index (χ0) is 28.1. The second-order valence-electron chi connectivity index (χ2n) is 10.7. The van der Waals surface area contributed by atoms with E-state index >= 15 is 0 Å². The largest absolute Gasteiger partial charge is 0.336 e. The first-order chi connectivity index (χ1) is 19.3. The molecule has 2 aliphatic rings. The summed E-state index contributed by atoms with van der Waals surface area (Å²) in [4.78, 5) is 36.2. The summed E-state index contributed by atoms with van der Waals surface area (Å²) in [5.41, 5.74) is 2.81. The van der Waals surface area contributed by atoms with Gasteiger partial charge in [-0.3, -0.25) is 24.4 Å². The molecule has 0 N–H and O–H groups in total. The smallest absolute Gasteiger partial charge is 0.255 e. The maximum Gasteiger partial charge on any atom is 0.255 e. The predicted molar refractivity (Wildman–Crippen MR) is 150 cm³/mol. The highest BCUT2D eigenvalue weighted by Crippen LogP contribution is 2.26. The van der Waals surface area contributed by atoms with Crippen molar-refractivity contribution in [1.29, 1.82) is 0 Å². The van der Waals surface area contributed by atoms with Crippen LogP contribution in [0.2, 0.25) is 5.02 Å². The van der Waals surface area contributed by atoms with E-state index in [2.05, 4.69) is 14.8 Å². The normalized spacial score (nSPS) is 20.4. The van der Waals surface area contributed by atoms with Gasteiger partial charge in [-0.25, -0.2) is 8.78 Å². The van der Waals surface area contributed by atoms with Gasteiger partial charge in [0.2, 0.25) is 0 Å². The molecule has 3 aromatic rings. The number of likely N-dealkylation sites (tertiary alicyclic amines) is 1. The van der Waals surface area contributed by atoms with E-state index in [1.54, 1.807) is 29.2 Å². The van der Waals surface area contributed by atoms with Crippen molar-refractivity contribution in [3.05, 3.63) is 100 Å². The number of piperidine rings is 1. The number of hydrogen-bond donors (Lipinski definition) is 0. The molecule has 1 amide bonds. The van der Waals surface area contributed by atoms with Gasteiger partial charge in [-0.05, 0) is 66.4 Å². The van der Waals surface area contributed by atoms with Crippen molar-refractivity contribution in [2.45, 2.75) is 32.1 Å². The monoisotopic (exact) mass is 566 g/mol. The molecule has 1 aromatic heterocycles. The third-order valence-corrected chi connectivity index (χ3v) is 8.05. The number of halogens is 3. The van der Waals surface area contributed by atoms with Crippen LogP contribution in [0.5, 0.6) is 0 Å². The van der Waals surface area contributed by atoms with Gasteiger partial charge in [0, 0.05) is 63.5 Å². The lowest BCUT2D eigenvalue weighted by Gasteiger charge is -2.34. The molecule has 2 aliphatic heterocycles. The molecule has 0 bridgehead atoms. The molecule has 2 atom stereocenters. The van der Waals surface area contributed by atoms with Crippen LogP contribution < -0.4 is 0 Å². The lowest BCUT2D eigenvalue weighted by Crippen LogP contribution is -2.48. The summed E-state index contributed by atoms with van der Waals surface area (Å²) in [7, 11) is 0. The van der Waals surface area contributed by atoms with Crippen molar-refractivity contribution in [2.75, 3.05) is 39.3 Å². The van der Waals surface area contributed by atoms with E-state index in [9.17, 15) is 18.4 Å². The average molecular weight is 567 g/mol. The van der Waals surface area contributed by atoms with Crippen LogP contribution in [0.25, 0.3) is 0 Å². The Morgan fingerprint density at radius 2 is 1.50 bits per heavy atom. The van der Waals surface area contributed by atoms with Crippen LogP contribution in [0.15, 0.2) is 66.9 Å². The molecule has 0 radical (unpaired) electrons. The zero-order valence-corrected chi connectivity index (χ0v) is 23.1. The molecule has 6 nitrogen and oxygen atoms in total. The van der Waals surface area contributed by atoms with Gasteiger partial charge in [0.05, 0.1) is 5.56 Å². The number of aromatic nitrogens is 1. The minimum atomic E-state index is -1.09. The predicted octanol–water partition coefficient (Wildman–Crippen LogP) is 5.27. The Labute approximate surface area is 238 Å². The summed E-state index contributed by atoms with van der Waals surface area (Å²) in [6, 6.07) is 17.2. The first-order valence-corrected chi connectivity index (χ1v) is 14.1. The summed E-state index contributed by atoms with van der Waals surface area (Å²) >= 11 is 5.95. The van der Waals surface area contributed by atoms with Crippen molar-refractivity contribution in [1.82, 2.24) is 19.7 Å². The number of hydrogen-bond acceptors (Lipinski definition) is 5. The first-order valence-electron chi connectivity index (χ1n) is 13.7. The highest BCUT2D eigenvalue weighted by atomic mass is 35.5. The number of pyridine rings is 1. The number of ketones is 1. The Morgan fingerprint density at radius 3 is 2.12 bits per heavy atom. The SMILES string of the molecule is O=C(C[C@@H]1CCN(Cc2ccc(Cl)cc2)C[C@@H]1F)c1ccc(C(=O)N2CCN(Cc3ccc(F)cc3)CC2)cn1. The number of alkyl halides is 1. The van der Waals surface area contributed by atoms with Gasteiger partial charge in [-0.2, -0.15) is 0 Å². The first kappa shape index (κ1) is 28.3. The van der Waals surface area contributed by atoms with Crippen molar-refractivity contribution >= 4 is 23.3 Å². The molecular weight excluding hydrogens is 534 g/mol. The van der Waals surface area contributed by atoms with Crippen LogP contribution in [-0.4, -0.2) is 76.8 Å². The summed E-state index contributed by atoms with van der Waals surface area (Å²) in [5, 5.41) is 0.674. The fourth-order valence-corrected chi connectivity index (χ4v) is 5.53. The van der Waals surface area contributed by atoms with E-state index in [0.29, 0.717) is 49.7 Å². The van der Waals surface area contributed by atoms with E-state index in [-0.39, 0.29) is 35.5 Å². The van der Waals surface area contributed by atoms with Crippen LogP contribution in [0.4, 0.5) is 8.78 Å². The minimum absolute atomic E-state index is 0.103.